The lowest BCUT2D eigenvalue weighted by Gasteiger charge is -2.01. The van der Waals surface area contributed by atoms with Gasteiger partial charge in [-0.2, -0.15) is 22.9 Å². The van der Waals surface area contributed by atoms with E-state index in [2.05, 4.69) is 6.92 Å². The summed E-state index contributed by atoms with van der Waals surface area (Å²) in [6, 6.07) is 0. The third kappa shape index (κ3) is 14.6. The monoisotopic (exact) mass is 250 g/mol. The van der Waals surface area contributed by atoms with Gasteiger partial charge in [0.1, 0.15) is 0 Å². The van der Waals surface area contributed by atoms with E-state index in [0.717, 1.165) is 6.32 Å². The van der Waals surface area contributed by atoms with Crippen LogP contribution in [-0.4, -0.2) is 5.54 Å². The van der Waals surface area contributed by atoms with Gasteiger partial charge in [-0.3, -0.25) is 0 Å². The van der Waals surface area contributed by atoms with Gasteiger partial charge in [0, 0.05) is 0 Å². The fourth-order valence-electron chi connectivity index (χ4n) is 1.79. The van der Waals surface area contributed by atoms with E-state index in [9.17, 15) is 0 Å². The molecule has 0 aliphatic heterocycles. The molecule has 0 saturated carbocycles. The Hall–Kier alpha value is 0.645. The Labute approximate surface area is 106 Å². The molecule has 0 radical (unpaired) electrons. The molecule has 0 spiro atoms. The highest BCUT2D eigenvalue weighted by Gasteiger charge is 2.03. The molecule has 0 fully saturated rings. The molecule has 0 nitrogen and oxygen atoms in total. The second kappa shape index (κ2) is 12.7. The minimum absolute atomic E-state index is 0.154. The number of rotatable bonds is 11. The van der Waals surface area contributed by atoms with Gasteiger partial charge in [-0.15, -0.1) is 0 Å². The van der Waals surface area contributed by atoms with E-state index in [4.69, 9.17) is 22.9 Å². The van der Waals surface area contributed by atoms with Crippen LogP contribution in [0.4, 0.5) is 0 Å². The Morgan fingerprint density at radius 2 is 1.07 bits per heavy atom. The van der Waals surface area contributed by atoms with Crippen LogP contribution in [0.25, 0.3) is 0 Å². The molecule has 0 aromatic heterocycles. The molecule has 0 heterocycles. The number of hydrogen-bond donors (Lipinski definition) is 0. The average molecular weight is 251 g/mol. The van der Waals surface area contributed by atoms with Crippen LogP contribution in [0.5, 0.6) is 0 Å². The van der Waals surface area contributed by atoms with E-state index in [1.807, 2.05) is 0 Å². The Bertz CT molecular complexity index is 118. The molecule has 0 unspecified atom stereocenters. The molecule has 0 rings (SSSR count). The number of hydrogen-bond acceptors (Lipinski definition) is 0. The molecule has 0 atom stereocenters. The van der Waals surface area contributed by atoms with E-state index in [-0.39, 0.29) is 5.54 Å². The summed E-state index contributed by atoms with van der Waals surface area (Å²) < 4.78 is 0. The van der Waals surface area contributed by atoms with Gasteiger partial charge in [0.15, 0.2) is 0 Å². The van der Waals surface area contributed by atoms with Crippen LogP contribution in [0, 0.1) is 0 Å². The lowest BCUT2D eigenvalue weighted by atomic mass is 9.95. The van der Waals surface area contributed by atoms with Gasteiger partial charge >= 0.3 is 5.54 Å². The van der Waals surface area contributed by atoms with Crippen molar-refractivity contribution in [2.45, 2.75) is 77.5 Å². The zero-order valence-electron chi connectivity index (χ0n) is 10.1. The fraction of sp³-hybridized carbons (Fsp3) is 1.00. The van der Waals surface area contributed by atoms with Gasteiger partial charge in [0.05, 0.1) is 0 Å². The van der Waals surface area contributed by atoms with Crippen molar-refractivity contribution in [1.29, 1.82) is 0 Å². The van der Waals surface area contributed by atoms with Crippen LogP contribution < -0.4 is 0 Å². The third-order valence-electron chi connectivity index (χ3n) is 2.78. The number of unbranched alkanes of at least 4 members (excludes halogenated alkanes) is 9. The van der Waals surface area contributed by atoms with Crippen molar-refractivity contribution in [2.24, 2.45) is 0 Å². The Morgan fingerprint density at radius 1 is 0.667 bits per heavy atom. The molecule has 0 aromatic carbocycles. The summed E-state index contributed by atoms with van der Waals surface area (Å²) >= 11 is 11.3. The van der Waals surface area contributed by atoms with Crippen molar-refractivity contribution < 1.29 is 0 Å². The van der Waals surface area contributed by atoms with Crippen LogP contribution in [0.2, 0.25) is 6.32 Å². The molecule has 0 aliphatic carbocycles. The SMILES string of the molecule is CCCCCCCCCCCCB(Cl)Cl. The van der Waals surface area contributed by atoms with Gasteiger partial charge in [-0.1, -0.05) is 71.1 Å². The van der Waals surface area contributed by atoms with Crippen molar-refractivity contribution in [2.75, 3.05) is 0 Å². The molecular formula is C12H25BCl2. The highest BCUT2D eigenvalue weighted by atomic mass is 35.5. The average Bonchev–Trinajstić information content (AvgIpc) is 2.20. The molecule has 0 aliphatic rings. The standard InChI is InChI=1S/C12H25BCl2/c1-2-3-4-5-6-7-8-9-10-11-12-13(14)15/h2-12H2,1H3. The molecule has 0 amide bonds. The predicted octanol–water partition coefficient (Wildman–Crippen LogP) is 5.87. The second-order valence-electron chi connectivity index (χ2n) is 4.36. The Kier molecular flexibility index (Phi) is 13.3. The summed E-state index contributed by atoms with van der Waals surface area (Å²) in [5, 5.41) is 0. The first-order valence-corrected chi connectivity index (χ1v) is 7.42. The molecule has 90 valence electrons. The van der Waals surface area contributed by atoms with E-state index >= 15 is 0 Å². The molecule has 3 heteroatoms. The van der Waals surface area contributed by atoms with Crippen molar-refractivity contribution in [3.05, 3.63) is 0 Å². The summed E-state index contributed by atoms with van der Waals surface area (Å²) in [5.74, 6) is 0. The van der Waals surface area contributed by atoms with Gasteiger partial charge < -0.3 is 0 Å². The normalized spacial score (nSPS) is 10.6. The quantitative estimate of drug-likeness (QED) is 0.318. The molecule has 0 bridgehead atoms. The van der Waals surface area contributed by atoms with Crippen molar-refractivity contribution in [1.82, 2.24) is 0 Å². The van der Waals surface area contributed by atoms with Crippen LogP contribution >= 0.6 is 22.9 Å². The first kappa shape index (κ1) is 15.6. The third-order valence-corrected chi connectivity index (χ3v) is 3.21. The lowest BCUT2D eigenvalue weighted by Crippen LogP contribution is -1.91. The maximum Gasteiger partial charge on any atom is 0.351 e. The summed E-state index contributed by atoms with van der Waals surface area (Å²) in [6.07, 6.45) is 14.6. The minimum Gasteiger partial charge on any atom is -0.172 e. The van der Waals surface area contributed by atoms with Gasteiger partial charge in [-0.05, 0) is 6.32 Å². The zero-order chi connectivity index (χ0) is 11.4. The predicted molar refractivity (Wildman–Crippen MR) is 74.1 cm³/mol. The maximum atomic E-state index is 5.65. The summed E-state index contributed by atoms with van der Waals surface area (Å²) in [4.78, 5) is 0. The van der Waals surface area contributed by atoms with Gasteiger partial charge in [0.2, 0.25) is 0 Å². The van der Waals surface area contributed by atoms with Crippen LogP contribution in [0.15, 0.2) is 0 Å². The van der Waals surface area contributed by atoms with Crippen LogP contribution in [0.3, 0.4) is 0 Å². The summed E-state index contributed by atoms with van der Waals surface area (Å²) in [5.41, 5.74) is -0.154. The van der Waals surface area contributed by atoms with Crippen LogP contribution in [0.1, 0.15) is 71.1 Å². The van der Waals surface area contributed by atoms with E-state index in [1.54, 1.807) is 0 Å². The molecule has 0 N–H and O–H groups in total. The smallest absolute Gasteiger partial charge is 0.172 e. The lowest BCUT2D eigenvalue weighted by molar-refractivity contribution is 0.562. The highest BCUT2D eigenvalue weighted by Crippen LogP contribution is 2.13. The van der Waals surface area contributed by atoms with E-state index in [0.29, 0.717) is 0 Å². The largest absolute Gasteiger partial charge is 0.351 e. The first-order valence-electron chi connectivity index (χ1n) is 6.55. The maximum absolute atomic E-state index is 5.65. The molecule has 0 saturated heterocycles. The fourth-order valence-corrected chi connectivity index (χ4v) is 2.09. The van der Waals surface area contributed by atoms with Crippen LogP contribution in [-0.2, 0) is 0 Å². The van der Waals surface area contributed by atoms with Crippen molar-refractivity contribution in [3.8, 4) is 0 Å². The molecule has 0 aromatic rings. The minimum atomic E-state index is -0.154. The van der Waals surface area contributed by atoms with Crippen molar-refractivity contribution >= 4 is 28.5 Å². The van der Waals surface area contributed by atoms with Gasteiger partial charge in [-0.25, -0.2) is 0 Å². The van der Waals surface area contributed by atoms with Gasteiger partial charge in [0.25, 0.3) is 0 Å². The summed E-state index contributed by atoms with van der Waals surface area (Å²) in [6.45, 7) is 2.26. The zero-order valence-corrected chi connectivity index (χ0v) is 11.6. The van der Waals surface area contributed by atoms with Crippen molar-refractivity contribution in [3.63, 3.8) is 0 Å². The first-order chi connectivity index (χ1) is 7.27. The second-order valence-corrected chi connectivity index (χ2v) is 5.64. The van der Waals surface area contributed by atoms with E-state index < -0.39 is 0 Å². The number of halogens is 2. The topological polar surface area (TPSA) is 0 Å². The molecule has 15 heavy (non-hydrogen) atoms. The molecular weight excluding hydrogens is 226 g/mol. The van der Waals surface area contributed by atoms with E-state index in [1.165, 1.54) is 64.2 Å². The highest BCUT2D eigenvalue weighted by molar-refractivity contribution is 7.33. The summed E-state index contributed by atoms with van der Waals surface area (Å²) in [7, 11) is 0. The Balaban J connectivity index is 2.87. The Morgan fingerprint density at radius 3 is 1.47 bits per heavy atom.